The molecule has 116 valence electrons. The first-order chi connectivity index (χ1) is 10.7. The maximum atomic E-state index is 12.7. The number of aliphatic hydroxyl groups excluding tert-OH is 1. The summed E-state index contributed by atoms with van der Waals surface area (Å²) < 4.78 is 0. The molecule has 1 aromatic carbocycles. The number of hydrogen-bond acceptors (Lipinski definition) is 3. The van der Waals surface area contributed by atoms with Crippen LogP contribution in [0.2, 0.25) is 0 Å². The van der Waals surface area contributed by atoms with E-state index in [-0.39, 0.29) is 11.8 Å². The van der Waals surface area contributed by atoms with Crippen molar-refractivity contribution in [1.29, 1.82) is 0 Å². The van der Waals surface area contributed by atoms with Gasteiger partial charge in [0.25, 0.3) is 0 Å². The monoisotopic (exact) mass is 315 g/mol. The quantitative estimate of drug-likeness (QED) is 0.884. The summed E-state index contributed by atoms with van der Waals surface area (Å²) in [6.07, 6.45) is 2.50. The Morgan fingerprint density at radius 3 is 2.64 bits per heavy atom. The van der Waals surface area contributed by atoms with Crippen molar-refractivity contribution in [2.45, 2.75) is 31.9 Å². The molecule has 4 heteroatoms. The molecule has 1 unspecified atom stereocenters. The molecule has 3 nitrogen and oxygen atoms in total. The first-order valence-corrected chi connectivity index (χ1v) is 8.71. The zero-order chi connectivity index (χ0) is 15.4. The molecule has 1 N–H and O–H groups in total. The van der Waals surface area contributed by atoms with Crippen molar-refractivity contribution >= 4 is 17.2 Å². The lowest BCUT2D eigenvalue weighted by atomic mass is 9.84. The van der Waals surface area contributed by atoms with Crippen molar-refractivity contribution in [3.8, 4) is 0 Å². The van der Waals surface area contributed by atoms with Gasteiger partial charge in [0.2, 0.25) is 5.91 Å². The number of thiophene rings is 1. The van der Waals surface area contributed by atoms with Gasteiger partial charge in [0, 0.05) is 12.5 Å². The highest BCUT2D eigenvalue weighted by Crippen LogP contribution is 2.30. The summed E-state index contributed by atoms with van der Waals surface area (Å²) in [6.45, 7) is 0.929. The van der Waals surface area contributed by atoms with Crippen molar-refractivity contribution in [3.63, 3.8) is 0 Å². The van der Waals surface area contributed by atoms with Crippen LogP contribution in [-0.2, 0) is 11.3 Å². The first kappa shape index (κ1) is 15.3. The summed E-state index contributed by atoms with van der Waals surface area (Å²) in [5.74, 6) is 0.336. The number of rotatable bonds is 6. The molecule has 1 aromatic heterocycles. The molecule has 1 aliphatic rings. The van der Waals surface area contributed by atoms with Gasteiger partial charge in [-0.05, 0) is 40.8 Å². The zero-order valence-corrected chi connectivity index (χ0v) is 13.3. The minimum atomic E-state index is -0.612. The Balaban J connectivity index is 1.71. The van der Waals surface area contributed by atoms with Crippen LogP contribution in [0.1, 0.15) is 36.5 Å². The maximum Gasteiger partial charge on any atom is 0.226 e. The number of carbonyl (C=O) groups excluding carboxylic acids is 1. The summed E-state index contributed by atoms with van der Waals surface area (Å²) in [5, 5.41) is 14.3. The second-order valence-electron chi connectivity index (χ2n) is 5.90. The van der Waals surface area contributed by atoms with Crippen LogP contribution >= 0.6 is 11.3 Å². The van der Waals surface area contributed by atoms with Gasteiger partial charge >= 0.3 is 0 Å². The van der Waals surface area contributed by atoms with Crippen molar-refractivity contribution in [2.75, 3.05) is 6.54 Å². The van der Waals surface area contributed by atoms with Gasteiger partial charge in [-0.2, -0.15) is 11.3 Å². The number of nitrogens with zero attached hydrogens (tertiary/aromatic N) is 1. The third kappa shape index (κ3) is 3.57. The molecule has 1 heterocycles. The molecular weight excluding hydrogens is 294 g/mol. The van der Waals surface area contributed by atoms with Crippen LogP contribution < -0.4 is 0 Å². The molecule has 22 heavy (non-hydrogen) atoms. The predicted octanol–water partition coefficient (Wildman–Crippen LogP) is 3.61. The van der Waals surface area contributed by atoms with Crippen LogP contribution in [0, 0.1) is 5.92 Å². The Morgan fingerprint density at radius 1 is 1.27 bits per heavy atom. The van der Waals surface area contributed by atoms with Gasteiger partial charge in [-0.1, -0.05) is 36.8 Å². The number of aliphatic hydroxyl groups is 1. The van der Waals surface area contributed by atoms with E-state index in [1.54, 1.807) is 11.3 Å². The second kappa shape index (κ2) is 7.07. The van der Waals surface area contributed by atoms with E-state index >= 15 is 0 Å². The topological polar surface area (TPSA) is 40.5 Å². The largest absolute Gasteiger partial charge is 0.387 e. The molecule has 1 aliphatic carbocycles. The lowest BCUT2D eigenvalue weighted by Crippen LogP contribution is -2.40. The zero-order valence-electron chi connectivity index (χ0n) is 12.5. The fraction of sp³-hybridized carbons (Fsp3) is 0.389. The molecule has 1 atom stereocenters. The molecule has 0 radical (unpaired) electrons. The molecule has 0 bridgehead atoms. The number of hydrogen-bond donors (Lipinski definition) is 1. The fourth-order valence-electron chi connectivity index (χ4n) is 2.73. The highest BCUT2D eigenvalue weighted by Gasteiger charge is 2.30. The van der Waals surface area contributed by atoms with Crippen LogP contribution in [-0.4, -0.2) is 22.5 Å². The lowest BCUT2D eigenvalue weighted by molar-refractivity contribution is -0.140. The van der Waals surface area contributed by atoms with Gasteiger partial charge in [-0.25, -0.2) is 0 Å². The van der Waals surface area contributed by atoms with Crippen molar-refractivity contribution in [3.05, 3.63) is 58.3 Å². The Morgan fingerprint density at radius 2 is 2.05 bits per heavy atom. The number of carbonyl (C=O) groups is 1. The summed E-state index contributed by atoms with van der Waals surface area (Å²) in [5.41, 5.74) is 2.00. The standard InChI is InChI=1S/C18H21NO2S/c20-17(16-9-10-22-13-16)12-19(18(21)15-7-4-8-15)11-14-5-2-1-3-6-14/h1-3,5-6,9-10,13,15,17,20H,4,7-8,11-12H2. The van der Waals surface area contributed by atoms with Gasteiger partial charge in [0.05, 0.1) is 12.6 Å². The predicted molar refractivity (Wildman–Crippen MR) is 88.5 cm³/mol. The van der Waals surface area contributed by atoms with E-state index in [0.29, 0.717) is 13.1 Å². The summed E-state index contributed by atoms with van der Waals surface area (Å²) in [6, 6.07) is 11.9. The summed E-state index contributed by atoms with van der Waals surface area (Å²) in [7, 11) is 0. The van der Waals surface area contributed by atoms with E-state index in [4.69, 9.17) is 0 Å². The number of benzene rings is 1. The van der Waals surface area contributed by atoms with Crippen LogP contribution in [0.4, 0.5) is 0 Å². The van der Waals surface area contributed by atoms with Crippen molar-refractivity contribution in [2.24, 2.45) is 5.92 Å². The molecular formula is C18H21NO2S. The van der Waals surface area contributed by atoms with E-state index in [1.807, 2.05) is 52.1 Å². The third-order valence-electron chi connectivity index (χ3n) is 4.30. The molecule has 1 amide bonds. The molecule has 1 fully saturated rings. The third-order valence-corrected chi connectivity index (χ3v) is 5.01. The van der Waals surface area contributed by atoms with E-state index in [0.717, 1.165) is 30.4 Å². The highest BCUT2D eigenvalue weighted by molar-refractivity contribution is 7.07. The van der Waals surface area contributed by atoms with Crippen molar-refractivity contribution in [1.82, 2.24) is 4.90 Å². The molecule has 1 saturated carbocycles. The fourth-order valence-corrected chi connectivity index (χ4v) is 3.44. The van der Waals surface area contributed by atoms with E-state index < -0.39 is 6.10 Å². The Labute approximate surface area is 135 Å². The maximum absolute atomic E-state index is 12.7. The SMILES string of the molecule is O=C(C1CCC1)N(Cc1ccccc1)CC(O)c1ccsc1. The molecule has 3 rings (SSSR count). The summed E-state index contributed by atoms with van der Waals surface area (Å²) in [4.78, 5) is 14.5. The van der Waals surface area contributed by atoms with Crippen LogP contribution in [0.15, 0.2) is 47.2 Å². The van der Waals surface area contributed by atoms with Crippen LogP contribution in [0.5, 0.6) is 0 Å². The Bertz CT molecular complexity index is 593. The van der Waals surface area contributed by atoms with Crippen LogP contribution in [0.3, 0.4) is 0 Å². The minimum Gasteiger partial charge on any atom is -0.387 e. The van der Waals surface area contributed by atoms with Crippen LogP contribution in [0.25, 0.3) is 0 Å². The second-order valence-corrected chi connectivity index (χ2v) is 6.68. The van der Waals surface area contributed by atoms with Gasteiger partial charge in [0.1, 0.15) is 0 Å². The van der Waals surface area contributed by atoms with E-state index in [1.165, 1.54) is 0 Å². The minimum absolute atomic E-state index is 0.151. The van der Waals surface area contributed by atoms with Gasteiger partial charge < -0.3 is 10.0 Å². The highest BCUT2D eigenvalue weighted by atomic mass is 32.1. The first-order valence-electron chi connectivity index (χ1n) is 7.77. The lowest BCUT2D eigenvalue weighted by Gasteiger charge is -2.33. The normalized spacial score (nSPS) is 16.0. The molecule has 0 aliphatic heterocycles. The molecule has 0 saturated heterocycles. The van der Waals surface area contributed by atoms with Gasteiger partial charge in [-0.3, -0.25) is 4.79 Å². The van der Waals surface area contributed by atoms with Gasteiger partial charge in [-0.15, -0.1) is 0 Å². The van der Waals surface area contributed by atoms with E-state index in [9.17, 15) is 9.90 Å². The smallest absolute Gasteiger partial charge is 0.226 e. The van der Waals surface area contributed by atoms with E-state index in [2.05, 4.69) is 0 Å². The molecule has 0 spiro atoms. The molecule has 2 aromatic rings. The average Bonchev–Trinajstić information content (AvgIpc) is 3.00. The Hall–Kier alpha value is -1.65. The summed E-state index contributed by atoms with van der Waals surface area (Å²) >= 11 is 1.57. The number of amides is 1. The van der Waals surface area contributed by atoms with Crippen molar-refractivity contribution < 1.29 is 9.90 Å². The average molecular weight is 315 g/mol. The van der Waals surface area contributed by atoms with Gasteiger partial charge in [0.15, 0.2) is 0 Å². The Kier molecular flexibility index (Phi) is 4.90.